The van der Waals surface area contributed by atoms with Gasteiger partial charge in [-0.05, 0) is 18.6 Å². The number of hydrogen-bond acceptors (Lipinski definition) is 5. The third kappa shape index (κ3) is 4.98. The van der Waals surface area contributed by atoms with Crippen molar-refractivity contribution in [3.05, 3.63) is 24.3 Å². The van der Waals surface area contributed by atoms with Gasteiger partial charge in [0.2, 0.25) is 10.0 Å². The number of sulfone groups is 1. The van der Waals surface area contributed by atoms with Gasteiger partial charge in [0, 0.05) is 20.6 Å². The molecule has 0 aliphatic carbocycles. The van der Waals surface area contributed by atoms with Crippen LogP contribution in [0.5, 0.6) is 0 Å². The molecule has 1 aromatic carbocycles. The zero-order chi connectivity index (χ0) is 16.1. The van der Waals surface area contributed by atoms with Crippen molar-refractivity contribution in [1.82, 2.24) is 4.31 Å². The lowest BCUT2D eigenvalue weighted by atomic mass is 10.3. The molecule has 1 N–H and O–H groups in total. The summed E-state index contributed by atoms with van der Waals surface area (Å²) in [6, 6.07) is 6.55. The smallest absolute Gasteiger partial charge is 0.215 e. The molecular weight excluding hydrogens is 312 g/mol. The standard InChI is InChI=1S/C13H22N2O4S2/c1-4-10-20(16,17)13-8-6-5-7-12(13)14-9-11-21(18,19)15(2)3/h5-8,14H,4,9-11H2,1-3H3. The molecule has 0 unspecified atom stereocenters. The van der Waals surface area contributed by atoms with E-state index in [-0.39, 0.29) is 22.9 Å². The van der Waals surface area contributed by atoms with Crippen molar-refractivity contribution >= 4 is 25.5 Å². The number of nitrogens with one attached hydrogen (secondary N) is 1. The molecule has 0 radical (unpaired) electrons. The highest BCUT2D eigenvalue weighted by Gasteiger charge is 2.18. The zero-order valence-electron chi connectivity index (χ0n) is 12.5. The van der Waals surface area contributed by atoms with E-state index in [0.29, 0.717) is 12.1 Å². The maximum atomic E-state index is 12.2. The minimum absolute atomic E-state index is 0.0711. The second-order valence-electron chi connectivity index (χ2n) is 4.84. The first-order chi connectivity index (χ1) is 9.70. The fourth-order valence-electron chi connectivity index (χ4n) is 1.76. The Morgan fingerprint density at radius 2 is 1.67 bits per heavy atom. The molecule has 0 aliphatic heterocycles. The van der Waals surface area contributed by atoms with Crippen LogP contribution in [-0.2, 0) is 19.9 Å². The summed E-state index contributed by atoms with van der Waals surface area (Å²) in [6.45, 7) is 1.95. The maximum absolute atomic E-state index is 12.2. The molecule has 0 spiro atoms. The molecule has 0 atom stereocenters. The van der Waals surface area contributed by atoms with E-state index in [1.54, 1.807) is 25.1 Å². The van der Waals surface area contributed by atoms with Crippen LogP contribution in [0.3, 0.4) is 0 Å². The van der Waals surface area contributed by atoms with Crippen LogP contribution in [0.2, 0.25) is 0 Å². The molecule has 0 saturated heterocycles. The van der Waals surface area contributed by atoms with Gasteiger partial charge in [0.25, 0.3) is 0 Å². The van der Waals surface area contributed by atoms with Crippen molar-refractivity contribution in [1.29, 1.82) is 0 Å². The number of anilines is 1. The summed E-state index contributed by atoms with van der Waals surface area (Å²) >= 11 is 0. The molecule has 0 aliphatic rings. The van der Waals surface area contributed by atoms with Crippen LogP contribution in [0.1, 0.15) is 13.3 Å². The molecule has 0 aromatic heterocycles. The Bertz CT molecular complexity index is 667. The van der Waals surface area contributed by atoms with Crippen LogP contribution >= 0.6 is 0 Å². The van der Waals surface area contributed by atoms with Crippen molar-refractivity contribution < 1.29 is 16.8 Å². The second-order valence-corrected chi connectivity index (χ2v) is 9.22. The van der Waals surface area contributed by atoms with Crippen molar-refractivity contribution in [3.63, 3.8) is 0 Å². The fraction of sp³-hybridized carbons (Fsp3) is 0.538. The zero-order valence-corrected chi connectivity index (χ0v) is 14.2. The van der Waals surface area contributed by atoms with E-state index < -0.39 is 19.9 Å². The van der Waals surface area contributed by atoms with Gasteiger partial charge in [-0.3, -0.25) is 0 Å². The normalized spacial score (nSPS) is 12.6. The highest BCUT2D eigenvalue weighted by Crippen LogP contribution is 2.22. The summed E-state index contributed by atoms with van der Waals surface area (Å²) in [4.78, 5) is 0.217. The average Bonchev–Trinajstić information content (AvgIpc) is 2.38. The number of sulfonamides is 1. The van der Waals surface area contributed by atoms with E-state index in [1.807, 2.05) is 0 Å². The Hall–Kier alpha value is -1.12. The number of hydrogen-bond donors (Lipinski definition) is 1. The minimum Gasteiger partial charge on any atom is -0.383 e. The average molecular weight is 334 g/mol. The first-order valence-corrected chi connectivity index (χ1v) is 9.92. The summed E-state index contributed by atoms with van der Waals surface area (Å²) in [6.07, 6.45) is 0.533. The number of para-hydroxylation sites is 1. The first kappa shape index (κ1) is 17.9. The van der Waals surface area contributed by atoms with E-state index in [9.17, 15) is 16.8 Å². The Kier molecular flexibility index (Phi) is 6.18. The SMILES string of the molecule is CCCS(=O)(=O)c1ccccc1NCCS(=O)(=O)N(C)C. The molecular formula is C13H22N2O4S2. The van der Waals surface area contributed by atoms with Crippen LogP contribution in [0.25, 0.3) is 0 Å². The molecule has 6 nitrogen and oxygen atoms in total. The van der Waals surface area contributed by atoms with Gasteiger partial charge in [-0.2, -0.15) is 0 Å². The molecule has 0 bridgehead atoms. The van der Waals surface area contributed by atoms with E-state index in [4.69, 9.17) is 0 Å². The highest BCUT2D eigenvalue weighted by molar-refractivity contribution is 7.91. The molecule has 0 heterocycles. The van der Waals surface area contributed by atoms with Crippen LogP contribution in [-0.4, -0.2) is 53.3 Å². The largest absolute Gasteiger partial charge is 0.383 e. The van der Waals surface area contributed by atoms with Gasteiger partial charge < -0.3 is 5.32 Å². The fourth-order valence-corrected chi connectivity index (χ4v) is 4.00. The van der Waals surface area contributed by atoms with Crippen molar-refractivity contribution in [3.8, 4) is 0 Å². The summed E-state index contributed by atoms with van der Waals surface area (Å²) in [5, 5.41) is 2.90. The van der Waals surface area contributed by atoms with Crippen LogP contribution in [0.15, 0.2) is 29.2 Å². The van der Waals surface area contributed by atoms with Crippen LogP contribution in [0, 0.1) is 0 Å². The molecule has 8 heteroatoms. The topological polar surface area (TPSA) is 83.5 Å². The molecule has 1 aromatic rings. The molecule has 1 rings (SSSR count). The van der Waals surface area contributed by atoms with E-state index in [2.05, 4.69) is 5.32 Å². The van der Waals surface area contributed by atoms with E-state index >= 15 is 0 Å². The Morgan fingerprint density at radius 1 is 1.05 bits per heavy atom. The molecule has 120 valence electrons. The van der Waals surface area contributed by atoms with Gasteiger partial charge in [-0.1, -0.05) is 19.1 Å². The lowest BCUT2D eigenvalue weighted by Crippen LogP contribution is -2.28. The van der Waals surface area contributed by atoms with Gasteiger partial charge in [0.05, 0.1) is 22.1 Å². The summed E-state index contributed by atoms with van der Waals surface area (Å²) in [7, 11) is -3.72. The first-order valence-electron chi connectivity index (χ1n) is 6.66. The minimum atomic E-state index is -3.35. The lowest BCUT2D eigenvalue weighted by Gasteiger charge is -2.14. The van der Waals surface area contributed by atoms with Crippen molar-refractivity contribution in [2.75, 3.05) is 37.5 Å². The maximum Gasteiger partial charge on any atom is 0.215 e. The lowest BCUT2D eigenvalue weighted by molar-refractivity contribution is 0.521. The van der Waals surface area contributed by atoms with Gasteiger partial charge in [-0.25, -0.2) is 21.1 Å². The third-order valence-electron chi connectivity index (χ3n) is 2.93. The van der Waals surface area contributed by atoms with E-state index in [0.717, 1.165) is 4.31 Å². The van der Waals surface area contributed by atoms with E-state index in [1.165, 1.54) is 20.2 Å². The second kappa shape index (κ2) is 7.24. The monoisotopic (exact) mass is 334 g/mol. The molecule has 0 amide bonds. The Labute approximate surface area is 127 Å². The number of benzene rings is 1. The van der Waals surface area contributed by atoms with Gasteiger partial charge in [0.15, 0.2) is 9.84 Å². The summed E-state index contributed by atoms with van der Waals surface area (Å²) in [5.74, 6) is -0.0240. The third-order valence-corrected chi connectivity index (χ3v) is 6.73. The van der Waals surface area contributed by atoms with Crippen LogP contribution < -0.4 is 5.32 Å². The number of rotatable bonds is 8. The summed E-state index contributed by atoms with van der Waals surface area (Å²) < 4.78 is 48.8. The molecule has 0 saturated carbocycles. The molecule has 21 heavy (non-hydrogen) atoms. The van der Waals surface area contributed by atoms with Gasteiger partial charge in [0.1, 0.15) is 0 Å². The highest BCUT2D eigenvalue weighted by atomic mass is 32.2. The Morgan fingerprint density at radius 3 is 2.24 bits per heavy atom. The van der Waals surface area contributed by atoms with Gasteiger partial charge in [-0.15, -0.1) is 0 Å². The predicted molar refractivity (Wildman–Crippen MR) is 84.7 cm³/mol. The summed E-state index contributed by atoms with van der Waals surface area (Å²) in [5.41, 5.74) is 0.444. The molecule has 0 fully saturated rings. The predicted octanol–water partition coefficient (Wildman–Crippen LogP) is 1.17. The Balaban J connectivity index is 2.87. The van der Waals surface area contributed by atoms with Crippen molar-refractivity contribution in [2.45, 2.75) is 18.2 Å². The van der Waals surface area contributed by atoms with Gasteiger partial charge >= 0.3 is 0 Å². The quantitative estimate of drug-likeness (QED) is 0.771. The number of nitrogens with zero attached hydrogens (tertiary/aromatic N) is 1. The van der Waals surface area contributed by atoms with Crippen molar-refractivity contribution in [2.24, 2.45) is 0 Å². The van der Waals surface area contributed by atoms with Crippen LogP contribution in [0.4, 0.5) is 5.69 Å².